The number of aromatic nitrogens is 12. The van der Waals surface area contributed by atoms with E-state index in [0.717, 1.165) is 4.57 Å². The van der Waals surface area contributed by atoms with Crippen LogP contribution in [-0.2, 0) is 55.3 Å². The summed E-state index contributed by atoms with van der Waals surface area (Å²) in [6.45, 7) is -0.0779. The number of aliphatic hydroxyl groups is 3. The van der Waals surface area contributed by atoms with Crippen LogP contribution in [-0.4, -0.2) is 182 Å². The number of nitrogens with zero attached hydrogens (tertiary/aromatic N) is 10. The number of hydrogen-bond acceptors (Lipinski definition) is 28. The quantitative estimate of drug-likeness (QED) is 0.0409. The van der Waals surface area contributed by atoms with Crippen molar-refractivity contribution in [2.24, 2.45) is 0 Å². The highest BCUT2D eigenvalue weighted by atomic mass is 31.2. The lowest BCUT2D eigenvalue weighted by atomic mass is 10.2. The summed E-state index contributed by atoms with van der Waals surface area (Å²) in [7, 11) is -18.4. The van der Waals surface area contributed by atoms with Crippen LogP contribution in [0.5, 0.6) is 0 Å². The highest BCUT2D eigenvalue weighted by Gasteiger charge is 2.40. The molecule has 4 fully saturated rings. The molecule has 10 rings (SSSR count). The Morgan fingerprint density at radius 1 is 0.576 bits per heavy atom. The first-order valence-electron chi connectivity index (χ1n) is 24.4. The highest BCUT2D eigenvalue weighted by molar-refractivity contribution is 7.47. The van der Waals surface area contributed by atoms with E-state index in [-0.39, 0.29) is 54.6 Å². The SMILES string of the molecule is Cc1cn([C@H]2CC[C@@H](COP(=O)(O)O)O2)c(=O)[nH]c1=O.Nc1ccn([C@H]2C[C@H](O)[C@@H](COP(=O)(O)O)O2)c(=O)n1.Nc1nc2c(ncn2[C@H]2C[C@H](O)[C@@H](COP(=O)(O)O)O2)c(=O)[nH]1.Nc1ncnc2c1ncn2[C@H]1C[C@H](O)[C@@H](COP(=O)(O)O)O1. The Balaban J connectivity index is 0.000000163. The van der Waals surface area contributed by atoms with Gasteiger partial charge in [-0.05, 0) is 25.8 Å². The van der Waals surface area contributed by atoms with Gasteiger partial charge in [-0.1, -0.05) is 0 Å². The third-order valence-electron chi connectivity index (χ3n) is 12.4. The zero-order chi connectivity index (χ0) is 62.5. The van der Waals surface area contributed by atoms with Gasteiger partial charge in [0.05, 0.1) is 63.5 Å². The van der Waals surface area contributed by atoms with Crippen molar-refractivity contribution < 1.29 is 110 Å². The van der Waals surface area contributed by atoms with Crippen LogP contribution < -0.4 is 39.7 Å². The Morgan fingerprint density at radius 2 is 1.06 bits per heavy atom. The highest BCUT2D eigenvalue weighted by Crippen LogP contribution is 2.42. The molecule has 0 aromatic carbocycles. The molecule has 6 aromatic rings. The normalized spacial score (nSPS) is 25.3. The molecule has 4 saturated heterocycles. The molecule has 10 heterocycles. The van der Waals surface area contributed by atoms with E-state index in [2.05, 4.69) is 58.0 Å². The van der Waals surface area contributed by atoms with Crippen LogP contribution in [0.25, 0.3) is 22.3 Å². The Hall–Kier alpha value is -5.98. The van der Waals surface area contributed by atoms with Crippen LogP contribution in [0.15, 0.2) is 56.6 Å². The summed E-state index contributed by atoms with van der Waals surface area (Å²) in [6, 6.07) is 1.40. The van der Waals surface area contributed by atoms with Crippen molar-refractivity contribution in [3.63, 3.8) is 0 Å². The number of nitrogens with one attached hydrogen (secondary N) is 2. The summed E-state index contributed by atoms with van der Waals surface area (Å²) in [4.78, 5) is 143. The Kier molecular flexibility index (Phi) is 21.4. The predicted octanol–water partition coefficient (Wildman–Crippen LogP) is -4.16. The third-order valence-corrected chi connectivity index (χ3v) is 14.4. The van der Waals surface area contributed by atoms with Crippen LogP contribution in [0.3, 0.4) is 0 Å². The van der Waals surface area contributed by atoms with Crippen molar-refractivity contribution in [3.8, 4) is 0 Å². The molecule has 19 N–H and O–H groups in total. The second-order valence-electron chi connectivity index (χ2n) is 18.6. The van der Waals surface area contributed by atoms with Crippen molar-refractivity contribution in [3.05, 3.63) is 84.7 Å². The van der Waals surface area contributed by atoms with E-state index in [1.807, 2.05) is 0 Å². The lowest BCUT2D eigenvalue weighted by Crippen LogP contribution is -2.33. The van der Waals surface area contributed by atoms with Crippen molar-refractivity contribution >= 4 is 71.2 Å². The van der Waals surface area contributed by atoms with E-state index in [1.165, 1.54) is 46.6 Å². The molecule has 6 aromatic heterocycles. The van der Waals surface area contributed by atoms with Gasteiger partial charge in [0, 0.05) is 37.2 Å². The molecule has 470 valence electrons. The topological polar surface area (TPSA) is 640 Å². The number of aromatic amines is 2. The minimum absolute atomic E-state index is 0.0613. The van der Waals surface area contributed by atoms with Gasteiger partial charge in [0.15, 0.2) is 22.6 Å². The monoisotopic (exact) mass is 1290 g/mol. The summed E-state index contributed by atoms with van der Waals surface area (Å²) in [6.07, 6.45) is -0.740. The number of phosphoric acid groups is 4. The fourth-order valence-electron chi connectivity index (χ4n) is 8.49. The number of hydrogen-bond donors (Lipinski definition) is 16. The molecule has 0 radical (unpaired) electrons. The van der Waals surface area contributed by atoms with Gasteiger partial charge in [-0.3, -0.25) is 55.9 Å². The van der Waals surface area contributed by atoms with E-state index < -0.39 is 141 Å². The standard InChI is InChI=1S/C10H14N5O7P.C10H14N5O6P.C10H15N2O7P.C9H14N3O7P/c11-10-13-8-7(9(17)14-10)12-3-15(8)6-1-4(16)5(22-6)2-21-23(18,19)20;11-9-8-10(13-3-12-9)15(4-14-8)7-1-5(16)6(21-7)2-20-22(17,18)19;1-6-4-12(10(14)11-9(6)13)8-3-2-7(19-8)5-18-20(15,16)17;10-7-1-2-12(9(14)11-7)8-3-5(13)6(19-8)4-18-20(15,16)17/h3-6,16H,1-2H2,(H2,18,19,20)(H3,11,13,14,17);3-7,16H,1-2H2,(H2,11,12,13)(H2,17,18,19);4,7-8H,2-3,5H2,1H3,(H,11,13,14)(H2,15,16,17);1-2,5-6,8,13H,3-4H2,(H2,10,11,14)(H2,15,16,17)/t4-,5+,6+;5-,6+,7+;7-,8+;5-,6+,8+/m0000/s1. The summed E-state index contributed by atoms with van der Waals surface area (Å²) in [5, 5.41) is 29.6. The smallest absolute Gasteiger partial charge is 0.390 e. The van der Waals surface area contributed by atoms with Gasteiger partial charge >= 0.3 is 42.7 Å². The lowest BCUT2D eigenvalue weighted by Gasteiger charge is -2.16. The molecule has 0 spiro atoms. The van der Waals surface area contributed by atoms with E-state index in [0.29, 0.717) is 29.6 Å². The second kappa shape index (κ2) is 27.4. The summed E-state index contributed by atoms with van der Waals surface area (Å²) >= 11 is 0. The maximum absolute atomic E-state index is 11.7. The minimum atomic E-state index is -4.66. The number of imidazole rings is 2. The fraction of sp³-hybridized carbons (Fsp3) is 0.538. The Bertz CT molecular complexity index is 3750. The summed E-state index contributed by atoms with van der Waals surface area (Å²) < 4.78 is 87.3. The number of fused-ring (bicyclic) bond motifs is 2. The van der Waals surface area contributed by atoms with Crippen LogP contribution in [0, 0.1) is 6.92 Å². The van der Waals surface area contributed by atoms with Crippen LogP contribution in [0.2, 0.25) is 0 Å². The van der Waals surface area contributed by atoms with Crippen molar-refractivity contribution in [2.45, 2.75) is 107 Å². The Morgan fingerprint density at radius 3 is 1.56 bits per heavy atom. The lowest BCUT2D eigenvalue weighted by molar-refractivity contribution is -0.0450. The Labute approximate surface area is 473 Å². The van der Waals surface area contributed by atoms with E-state index >= 15 is 0 Å². The van der Waals surface area contributed by atoms with E-state index in [4.69, 9.17) is 75.3 Å². The largest absolute Gasteiger partial charge is 0.469 e. The molecule has 0 aliphatic carbocycles. The first-order chi connectivity index (χ1) is 39.6. The van der Waals surface area contributed by atoms with Crippen molar-refractivity contribution in [1.82, 2.24) is 58.1 Å². The molecule has 11 atom stereocenters. The van der Waals surface area contributed by atoms with Gasteiger partial charge in [0.1, 0.15) is 60.9 Å². The molecular formula is C39H57N15O27P4. The van der Waals surface area contributed by atoms with Gasteiger partial charge in [0.2, 0.25) is 5.95 Å². The number of H-pyrrole nitrogens is 2. The van der Waals surface area contributed by atoms with Gasteiger partial charge in [-0.2, -0.15) is 9.97 Å². The van der Waals surface area contributed by atoms with Gasteiger partial charge in [-0.15, -0.1) is 0 Å². The number of nitrogen functional groups attached to an aromatic ring is 3. The number of phosphoric ester groups is 4. The third kappa shape index (κ3) is 18.5. The number of ether oxygens (including phenoxy) is 4. The van der Waals surface area contributed by atoms with Crippen LogP contribution >= 0.6 is 31.3 Å². The molecule has 0 saturated carbocycles. The molecule has 4 aliphatic rings. The molecule has 0 amide bonds. The molecule has 85 heavy (non-hydrogen) atoms. The zero-order valence-electron chi connectivity index (χ0n) is 43.6. The average molecular weight is 1290 g/mol. The zero-order valence-corrected chi connectivity index (χ0v) is 47.2. The number of nitrogens with two attached hydrogens (primary N) is 3. The van der Waals surface area contributed by atoms with Gasteiger partial charge < -0.3 is 90.6 Å². The van der Waals surface area contributed by atoms with Gasteiger partial charge in [-0.25, -0.2) is 47.8 Å². The van der Waals surface area contributed by atoms with Crippen LogP contribution in [0.4, 0.5) is 17.6 Å². The molecular weight excluding hydrogens is 1230 g/mol. The van der Waals surface area contributed by atoms with Crippen LogP contribution in [0.1, 0.15) is 62.6 Å². The number of rotatable bonds is 16. The molecule has 0 unspecified atom stereocenters. The number of anilines is 3. The van der Waals surface area contributed by atoms with Crippen molar-refractivity contribution in [1.29, 1.82) is 0 Å². The first-order valence-corrected chi connectivity index (χ1v) is 30.5. The minimum Gasteiger partial charge on any atom is -0.390 e. The molecule has 42 nitrogen and oxygen atoms in total. The maximum Gasteiger partial charge on any atom is 0.469 e. The van der Waals surface area contributed by atoms with Gasteiger partial charge in [0.25, 0.3) is 11.1 Å². The second-order valence-corrected chi connectivity index (χ2v) is 23.6. The molecule has 4 aliphatic heterocycles. The fourth-order valence-corrected chi connectivity index (χ4v) is 9.88. The molecule has 46 heteroatoms. The van der Waals surface area contributed by atoms with E-state index in [1.54, 1.807) is 11.5 Å². The van der Waals surface area contributed by atoms with Crippen molar-refractivity contribution in [2.75, 3.05) is 43.6 Å². The summed E-state index contributed by atoms with van der Waals surface area (Å²) in [5.41, 5.74) is 15.8. The predicted molar refractivity (Wildman–Crippen MR) is 280 cm³/mol. The number of aryl methyl sites for hydroxylation is 1. The molecule has 0 bridgehead atoms. The average Bonchev–Trinajstić information content (AvgIpc) is 2.50. The van der Waals surface area contributed by atoms with E-state index in [9.17, 15) is 52.8 Å². The number of aliphatic hydroxyl groups excluding tert-OH is 3. The summed E-state index contributed by atoms with van der Waals surface area (Å²) in [5.74, 6) is 0.194. The maximum atomic E-state index is 11.7. The first kappa shape index (κ1) is 66.5.